The van der Waals surface area contributed by atoms with Crippen molar-refractivity contribution in [3.63, 3.8) is 0 Å². The van der Waals surface area contributed by atoms with Crippen LogP contribution < -0.4 is 0 Å². The number of aldehydes is 1. The molecule has 22 heavy (non-hydrogen) atoms. The molecule has 120 valence electrons. The van der Waals surface area contributed by atoms with Crippen LogP contribution in [-0.2, 0) is 4.79 Å². The Kier molecular flexibility index (Phi) is 5.09. The lowest BCUT2D eigenvalue weighted by Gasteiger charge is -2.45. The Morgan fingerprint density at radius 3 is 2.27 bits per heavy atom. The maximum atomic E-state index is 10.5. The molecule has 1 aromatic rings. The van der Waals surface area contributed by atoms with Gasteiger partial charge < -0.3 is 0 Å². The predicted octanol–water partition coefficient (Wildman–Crippen LogP) is 6.44. The number of halogens is 2. The molecule has 1 nitrogen and oxygen atoms in total. The van der Waals surface area contributed by atoms with Crippen molar-refractivity contribution in [2.75, 3.05) is 0 Å². The molecule has 0 atom stereocenters. The number of carbonyl (C=O) groups excluding carboxylic acids is 1. The molecule has 2 rings (SSSR count). The van der Waals surface area contributed by atoms with E-state index in [9.17, 15) is 4.79 Å². The van der Waals surface area contributed by atoms with E-state index in [4.69, 9.17) is 23.2 Å². The van der Waals surface area contributed by atoms with Gasteiger partial charge in [0.15, 0.2) is 0 Å². The molecule has 0 radical (unpaired) electrons. The molecule has 1 aromatic carbocycles. The summed E-state index contributed by atoms with van der Waals surface area (Å²) in [6, 6.07) is 5.90. The van der Waals surface area contributed by atoms with E-state index in [0.29, 0.717) is 28.1 Å². The Morgan fingerprint density at radius 1 is 1.18 bits per heavy atom. The van der Waals surface area contributed by atoms with Crippen molar-refractivity contribution in [2.24, 2.45) is 10.8 Å². The predicted molar refractivity (Wildman–Crippen MR) is 95.5 cm³/mol. The van der Waals surface area contributed by atoms with Gasteiger partial charge in [0.2, 0.25) is 0 Å². The summed E-state index contributed by atoms with van der Waals surface area (Å²) in [5.41, 5.74) is 2.63. The third kappa shape index (κ3) is 4.14. The quantitative estimate of drug-likeness (QED) is 0.457. The minimum atomic E-state index is 0.323. The van der Waals surface area contributed by atoms with Gasteiger partial charge in [-0.3, -0.25) is 4.79 Å². The molecule has 0 amide bonds. The smallest absolute Gasteiger partial charge is 0.144 e. The lowest BCUT2D eigenvalue weighted by atomic mass is 9.60. The number of benzene rings is 1. The van der Waals surface area contributed by atoms with Gasteiger partial charge in [-0.05, 0) is 59.3 Å². The van der Waals surface area contributed by atoms with E-state index < -0.39 is 0 Å². The summed E-state index contributed by atoms with van der Waals surface area (Å²) in [6.07, 6.45) is 5.57. The maximum absolute atomic E-state index is 10.5. The van der Waals surface area contributed by atoms with Crippen LogP contribution in [0.2, 0.25) is 5.02 Å². The summed E-state index contributed by atoms with van der Waals surface area (Å²) in [5, 5.41) is 1.17. The molecule has 1 saturated carbocycles. The molecular formula is C19H24Cl2O. The first kappa shape index (κ1) is 17.6. The molecule has 0 aliphatic heterocycles. The van der Waals surface area contributed by atoms with Crippen LogP contribution in [0, 0.1) is 10.8 Å². The SMILES string of the molecule is CC1(C)CC(c2ccc(/C(Cl)=C\C=O)cc2Cl)CC(C)(C)C1. The molecule has 1 aliphatic carbocycles. The van der Waals surface area contributed by atoms with E-state index in [1.165, 1.54) is 18.1 Å². The topological polar surface area (TPSA) is 17.1 Å². The third-order valence-electron chi connectivity index (χ3n) is 4.49. The Hall–Kier alpha value is -0.790. The lowest BCUT2D eigenvalue weighted by molar-refractivity contribution is -0.104. The van der Waals surface area contributed by atoms with E-state index in [-0.39, 0.29) is 0 Å². The normalized spacial score (nSPS) is 21.6. The fourth-order valence-electron chi connectivity index (χ4n) is 4.23. The fraction of sp³-hybridized carbons (Fsp3) is 0.526. The second-order valence-corrected chi connectivity index (χ2v) is 8.81. The summed E-state index contributed by atoms with van der Waals surface area (Å²) in [7, 11) is 0. The van der Waals surface area contributed by atoms with Crippen LogP contribution in [0.25, 0.3) is 5.03 Å². The molecule has 0 N–H and O–H groups in total. The average molecular weight is 339 g/mol. The van der Waals surface area contributed by atoms with Crippen molar-refractivity contribution in [2.45, 2.75) is 52.9 Å². The van der Waals surface area contributed by atoms with Crippen molar-refractivity contribution in [3.8, 4) is 0 Å². The Bertz CT molecular complexity index is 583. The number of allylic oxidation sites excluding steroid dienone is 1. The summed E-state index contributed by atoms with van der Waals surface area (Å²) >= 11 is 12.6. The largest absolute Gasteiger partial charge is 0.299 e. The van der Waals surface area contributed by atoms with Crippen LogP contribution in [-0.4, -0.2) is 6.29 Å². The fourth-order valence-corrected chi connectivity index (χ4v) is 4.73. The van der Waals surface area contributed by atoms with Crippen molar-refractivity contribution in [1.29, 1.82) is 0 Å². The molecular weight excluding hydrogens is 315 g/mol. The highest BCUT2D eigenvalue weighted by molar-refractivity contribution is 6.49. The molecule has 3 heteroatoms. The van der Waals surface area contributed by atoms with Gasteiger partial charge in [0, 0.05) is 5.02 Å². The number of hydrogen-bond donors (Lipinski definition) is 0. The monoisotopic (exact) mass is 338 g/mol. The van der Waals surface area contributed by atoms with Crippen molar-refractivity contribution >= 4 is 34.5 Å². The highest BCUT2D eigenvalue weighted by atomic mass is 35.5. The van der Waals surface area contributed by atoms with Crippen LogP contribution in [0.15, 0.2) is 24.3 Å². The van der Waals surface area contributed by atoms with Crippen LogP contribution in [0.1, 0.15) is 64.0 Å². The van der Waals surface area contributed by atoms with E-state index in [0.717, 1.165) is 23.4 Å². The van der Waals surface area contributed by atoms with Gasteiger partial charge in [-0.2, -0.15) is 0 Å². The second kappa shape index (κ2) is 6.37. The molecule has 0 saturated heterocycles. The van der Waals surface area contributed by atoms with Crippen LogP contribution >= 0.6 is 23.2 Å². The van der Waals surface area contributed by atoms with Crippen molar-refractivity contribution < 1.29 is 4.79 Å². The van der Waals surface area contributed by atoms with Gasteiger partial charge in [0.25, 0.3) is 0 Å². The van der Waals surface area contributed by atoms with E-state index in [1.54, 1.807) is 0 Å². The van der Waals surface area contributed by atoms with Crippen LogP contribution in [0.3, 0.4) is 0 Å². The molecule has 0 bridgehead atoms. The molecule has 1 aliphatic rings. The van der Waals surface area contributed by atoms with Gasteiger partial charge in [0.1, 0.15) is 6.29 Å². The minimum Gasteiger partial charge on any atom is -0.299 e. The third-order valence-corrected chi connectivity index (χ3v) is 5.16. The summed E-state index contributed by atoms with van der Waals surface area (Å²) in [5.74, 6) is 0.467. The van der Waals surface area contributed by atoms with Crippen LogP contribution in [0.5, 0.6) is 0 Å². The van der Waals surface area contributed by atoms with Gasteiger partial charge in [-0.15, -0.1) is 0 Å². The first-order valence-corrected chi connectivity index (χ1v) is 8.50. The zero-order chi connectivity index (χ0) is 16.5. The molecule has 1 fully saturated rings. The van der Waals surface area contributed by atoms with Crippen molar-refractivity contribution in [1.82, 2.24) is 0 Å². The zero-order valence-corrected chi connectivity index (χ0v) is 15.3. The molecule has 0 aromatic heterocycles. The summed E-state index contributed by atoms with van der Waals surface area (Å²) < 4.78 is 0. The van der Waals surface area contributed by atoms with E-state index in [1.807, 2.05) is 12.1 Å². The highest BCUT2D eigenvalue weighted by Gasteiger charge is 2.39. The zero-order valence-electron chi connectivity index (χ0n) is 13.7. The molecule has 0 heterocycles. The Morgan fingerprint density at radius 2 is 1.77 bits per heavy atom. The summed E-state index contributed by atoms with van der Waals surface area (Å²) in [4.78, 5) is 10.5. The van der Waals surface area contributed by atoms with E-state index in [2.05, 4.69) is 33.8 Å². The first-order valence-electron chi connectivity index (χ1n) is 7.74. The molecule has 0 unspecified atom stereocenters. The van der Waals surface area contributed by atoms with Crippen molar-refractivity contribution in [3.05, 3.63) is 40.4 Å². The van der Waals surface area contributed by atoms with E-state index >= 15 is 0 Å². The Balaban J connectivity index is 2.33. The standard InChI is InChI=1S/C19H24Cl2O/c1-18(2)10-14(11-19(3,4)12-18)15-6-5-13(9-17(15)21)16(20)7-8-22/h5-9,14H,10-12H2,1-4H3/b16-7+. The van der Waals surface area contributed by atoms with Gasteiger partial charge >= 0.3 is 0 Å². The number of hydrogen-bond acceptors (Lipinski definition) is 1. The van der Waals surface area contributed by atoms with Crippen LogP contribution in [0.4, 0.5) is 0 Å². The summed E-state index contributed by atoms with van der Waals surface area (Å²) in [6.45, 7) is 9.36. The van der Waals surface area contributed by atoms with Gasteiger partial charge in [-0.1, -0.05) is 63.0 Å². The first-order chi connectivity index (χ1) is 10.1. The minimum absolute atomic E-state index is 0.323. The average Bonchev–Trinajstić information content (AvgIpc) is 2.35. The maximum Gasteiger partial charge on any atom is 0.144 e. The lowest BCUT2D eigenvalue weighted by Crippen LogP contribution is -2.33. The molecule has 0 spiro atoms. The van der Waals surface area contributed by atoms with Gasteiger partial charge in [-0.25, -0.2) is 0 Å². The Labute approximate surface area is 143 Å². The number of carbonyl (C=O) groups is 1. The van der Waals surface area contributed by atoms with Gasteiger partial charge in [0.05, 0.1) is 5.03 Å². The second-order valence-electron chi connectivity index (χ2n) is 8.00. The highest BCUT2D eigenvalue weighted by Crippen LogP contribution is 2.52. The number of rotatable bonds is 3.